The molecule has 222 valence electrons. The first kappa shape index (κ1) is 33.8. The normalized spacial score (nSPS) is 24.4. The standard InChI is InChI=1S/C25H39NO13/c1-13(27)26-20-17(10-19(31)38-24(5,6)7)11-25(34-9,23(32)33-8)39-22(20)21(37-16(4)30)18(36-15(3)29)12-35-14(2)28/h17-18,20-22H,10-12H2,1-9H3,(H,26,27)/t17-,18+,20+,21+,22+,25-/m0/s1. The molecule has 1 N–H and O–H groups in total. The molecular weight excluding hydrogens is 522 g/mol. The van der Waals surface area contributed by atoms with Crippen LogP contribution in [0.15, 0.2) is 0 Å². The second-order valence-corrected chi connectivity index (χ2v) is 10.0. The molecule has 14 heteroatoms. The molecule has 0 aliphatic carbocycles. The first-order valence-corrected chi connectivity index (χ1v) is 12.2. The molecule has 0 aromatic heterocycles. The number of carbonyl (C=O) groups excluding carboxylic acids is 6. The minimum absolute atomic E-state index is 0.272. The van der Waals surface area contributed by atoms with Crippen molar-refractivity contribution in [3.63, 3.8) is 0 Å². The fraction of sp³-hybridized carbons (Fsp3) is 0.760. The van der Waals surface area contributed by atoms with E-state index in [1.54, 1.807) is 20.8 Å². The molecule has 0 saturated carbocycles. The van der Waals surface area contributed by atoms with E-state index in [0.29, 0.717) is 0 Å². The zero-order chi connectivity index (χ0) is 30.1. The van der Waals surface area contributed by atoms with Gasteiger partial charge in [-0.1, -0.05) is 0 Å². The van der Waals surface area contributed by atoms with E-state index in [2.05, 4.69) is 5.32 Å². The maximum atomic E-state index is 12.9. The number of hydrogen-bond acceptors (Lipinski definition) is 13. The molecule has 1 saturated heterocycles. The number of hydrogen-bond donors (Lipinski definition) is 1. The predicted molar refractivity (Wildman–Crippen MR) is 131 cm³/mol. The summed E-state index contributed by atoms with van der Waals surface area (Å²) in [5.74, 6) is -7.58. The Balaban J connectivity index is 3.76. The zero-order valence-electron chi connectivity index (χ0n) is 23.8. The number of ether oxygens (including phenoxy) is 7. The summed E-state index contributed by atoms with van der Waals surface area (Å²) < 4.78 is 37.6. The molecule has 6 atom stereocenters. The largest absolute Gasteiger partial charge is 0.465 e. The van der Waals surface area contributed by atoms with E-state index in [4.69, 9.17) is 33.2 Å². The fourth-order valence-corrected chi connectivity index (χ4v) is 4.24. The molecule has 1 aliphatic rings. The number of nitrogens with one attached hydrogen (secondary N) is 1. The van der Waals surface area contributed by atoms with Crippen molar-refractivity contribution < 1.29 is 61.9 Å². The number of carbonyl (C=O) groups is 6. The van der Waals surface area contributed by atoms with Gasteiger partial charge in [0.05, 0.1) is 19.6 Å². The summed E-state index contributed by atoms with van der Waals surface area (Å²) in [5.41, 5.74) is -0.837. The van der Waals surface area contributed by atoms with Gasteiger partial charge >= 0.3 is 29.8 Å². The lowest BCUT2D eigenvalue weighted by Gasteiger charge is -2.48. The van der Waals surface area contributed by atoms with Crippen molar-refractivity contribution in [3.8, 4) is 0 Å². The topological polar surface area (TPSA) is 179 Å². The van der Waals surface area contributed by atoms with Crippen molar-refractivity contribution in [1.29, 1.82) is 0 Å². The Morgan fingerprint density at radius 1 is 0.949 bits per heavy atom. The highest BCUT2D eigenvalue weighted by atomic mass is 16.7. The molecular formula is C25H39NO13. The van der Waals surface area contributed by atoms with E-state index in [9.17, 15) is 28.8 Å². The smallest absolute Gasteiger partial charge is 0.366 e. The van der Waals surface area contributed by atoms with Gasteiger partial charge in [0.2, 0.25) is 5.91 Å². The molecule has 1 rings (SSSR count). The van der Waals surface area contributed by atoms with Gasteiger partial charge in [-0.3, -0.25) is 24.0 Å². The molecule has 1 heterocycles. The molecule has 1 amide bonds. The second-order valence-electron chi connectivity index (χ2n) is 10.0. The van der Waals surface area contributed by atoms with Crippen LogP contribution in [0.25, 0.3) is 0 Å². The highest BCUT2D eigenvalue weighted by Gasteiger charge is 2.58. The van der Waals surface area contributed by atoms with Crippen molar-refractivity contribution in [2.45, 2.75) is 97.0 Å². The quantitative estimate of drug-likeness (QED) is 0.273. The van der Waals surface area contributed by atoms with Gasteiger partial charge in [0.15, 0.2) is 12.2 Å². The Labute approximate surface area is 227 Å². The lowest BCUT2D eigenvalue weighted by atomic mass is 9.79. The first-order chi connectivity index (χ1) is 17.9. The number of methoxy groups -OCH3 is 2. The highest BCUT2D eigenvalue weighted by Crippen LogP contribution is 2.40. The number of rotatable bonds is 11. The van der Waals surface area contributed by atoms with E-state index in [1.807, 2.05) is 0 Å². The molecule has 0 aromatic rings. The fourth-order valence-electron chi connectivity index (χ4n) is 4.24. The van der Waals surface area contributed by atoms with Crippen LogP contribution in [-0.2, 0) is 61.9 Å². The monoisotopic (exact) mass is 561 g/mol. The van der Waals surface area contributed by atoms with Gasteiger partial charge in [-0.15, -0.1) is 0 Å². The molecule has 0 aromatic carbocycles. The van der Waals surface area contributed by atoms with Crippen molar-refractivity contribution >= 4 is 35.8 Å². The van der Waals surface area contributed by atoms with Crippen LogP contribution in [0.3, 0.4) is 0 Å². The Bertz CT molecular complexity index is 927. The Hall–Kier alpha value is -3.26. The van der Waals surface area contributed by atoms with Crippen LogP contribution in [0.4, 0.5) is 0 Å². The molecule has 39 heavy (non-hydrogen) atoms. The average molecular weight is 562 g/mol. The van der Waals surface area contributed by atoms with Crippen molar-refractivity contribution in [3.05, 3.63) is 0 Å². The maximum Gasteiger partial charge on any atom is 0.366 e. The van der Waals surface area contributed by atoms with Gasteiger partial charge in [0.25, 0.3) is 5.79 Å². The van der Waals surface area contributed by atoms with Crippen LogP contribution in [0.5, 0.6) is 0 Å². The van der Waals surface area contributed by atoms with Gasteiger partial charge < -0.3 is 38.5 Å². The van der Waals surface area contributed by atoms with Crippen LogP contribution in [-0.4, -0.2) is 92.3 Å². The Kier molecular flexibility index (Phi) is 12.3. The van der Waals surface area contributed by atoms with E-state index in [0.717, 1.165) is 27.9 Å². The van der Waals surface area contributed by atoms with Gasteiger partial charge in [0.1, 0.15) is 18.3 Å². The third kappa shape index (κ3) is 10.4. The van der Waals surface area contributed by atoms with Crippen molar-refractivity contribution in [2.75, 3.05) is 20.8 Å². The van der Waals surface area contributed by atoms with E-state index in [-0.39, 0.29) is 12.8 Å². The molecule has 0 unspecified atom stereocenters. The van der Waals surface area contributed by atoms with E-state index < -0.39 is 84.0 Å². The second kappa shape index (κ2) is 14.2. The molecule has 1 fully saturated rings. The summed E-state index contributed by atoms with van der Waals surface area (Å²) in [6.07, 6.45) is -5.06. The Morgan fingerprint density at radius 2 is 1.54 bits per heavy atom. The minimum atomic E-state index is -2.12. The summed E-state index contributed by atoms with van der Waals surface area (Å²) >= 11 is 0. The van der Waals surface area contributed by atoms with Crippen molar-refractivity contribution in [1.82, 2.24) is 5.32 Å². The molecule has 0 radical (unpaired) electrons. The van der Waals surface area contributed by atoms with Crippen LogP contribution in [0.2, 0.25) is 0 Å². The highest BCUT2D eigenvalue weighted by molar-refractivity contribution is 5.79. The first-order valence-electron chi connectivity index (χ1n) is 12.2. The van der Waals surface area contributed by atoms with E-state index in [1.165, 1.54) is 14.0 Å². The third-order valence-corrected chi connectivity index (χ3v) is 5.52. The molecule has 14 nitrogen and oxygen atoms in total. The van der Waals surface area contributed by atoms with Crippen molar-refractivity contribution in [2.24, 2.45) is 5.92 Å². The summed E-state index contributed by atoms with van der Waals surface area (Å²) in [6.45, 7) is 8.94. The molecule has 0 spiro atoms. The van der Waals surface area contributed by atoms with Gasteiger partial charge in [-0.25, -0.2) is 4.79 Å². The summed E-state index contributed by atoms with van der Waals surface area (Å²) in [6, 6.07) is -1.11. The Morgan fingerprint density at radius 3 is 1.97 bits per heavy atom. The zero-order valence-corrected chi connectivity index (χ0v) is 23.8. The lowest BCUT2D eigenvalue weighted by Crippen LogP contribution is -2.67. The SMILES string of the molecule is COC(=O)[C@]1(OC)C[C@H](CC(=O)OC(C)(C)C)[C@@H](NC(C)=O)[C@H]([C@H](OC(C)=O)[C@@H](COC(C)=O)OC(C)=O)O1. The maximum absolute atomic E-state index is 12.9. The van der Waals surface area contributed by atoms with E-state index >= 15 is 0 Å². The van der Waals surface area contributed by atoms with Crippen LogP contribution < -0.4 is 5.32 Å². The van der Waals surface area contributed by atoms with Crippen LogP contribution >= 0.6 is 0 Å². The van der Waals surface area contributed by atoms with Gasteiger partial charge in [-0.2, -0.15) is 0 Å². The molecule has 0 bridgehead atoms. The summed E-state index contributed by atoms with van der Waals surface area (Å²) in [4.78, 5) is 73.7. The predicted octanol–water partition coefficient (Wildman–Crippen LogP) is 0.570. The lowest BCUT2D eigenvalue weighted by molar-refractivity contribution is -0.301. The van der Waals surface area contributed by atoms with Gasteiger partial charge in [0, 0.05) is 41.2 Å². The number of amides is 1. The third-order valence-electron chi connectivity index (χ3n) is 5.52. The summed E-state index contributed by atoms with van der Waals surface area (Å²) in [5, 5.41) is 2.68. The number of esters is 5. The van der Waals surface area contributed by atoms with Crippen LogP contribution in [0.1, 0.15) is 61.3 Å². The minimum Gasteiger partial charge on any atom is -0.465 e. The van der Waals surface area contributed by atoms with Gasteiger partial charge in [-0.05, 0) is 26.7 Å². The van der Waals surface area contributed by atoms with Crippen LogP contribution in [0, 0.1) is 5.92 Å². The average Bonchev–Trinajstić information content (AvgIpc) is 2.78. The molecule has 1 aliphatic heterocycles. The summed E-state index contributed by atoms with van der Waals surface area (Å²) in [7, 11) is 2.26.